The summed E-state index contributed by atoms with van der Waals surface area (Å²) in [4.78, 5) is 23.6. The number of halogens is 1. The predicted molar refractivity (Wildman–Crippen MR) is 84.0 cm³/mol. The second kappa shape index (κ2) is 7.74. The van der Waals surface area contributed by atoms with Crippen LogP contribution >= 0.6 is 0 Å². The largest absolute Gasteiger partial charge is 0.496 e. The monoisotopic (exact) mass is 314 g/mol. The molecule has 0 heterocycles. The third-order valence-electron chi connectivity index (χ3n) is 2.95. The zero-order valence-electron chi connectivity index (χ0n) is 12.4. The van der Waals surface area contributed by atoms with Gasteiger partial charge in [0.25, 0.3) is 11.8 Å². The molecule has 0 aromatic heterocycles. The number of nitrogens with one attached hydrogen (secondary N) is 2. The number of methoxy groups -OCH3 is 1. The van der Waals surface area contributed by atoms with E-state index in [0.717, 1.165) is 0 Å². The maximum Gasteiger partial charge on any atom is 0.273 e. The van der Waals surface area contributed by atoms with E-state index in [1.54, 1.807) is 24.3 Å². The standard InChI is InChI=1S/C17H15FN2O3/c1-23-15-5-3-2-4-14(15)17(22)20-19-16(21)11-8-12-6-9-13(18)10-7-12/h2-11H,1H3,(H,19,21)(H,20,22)/b11-8+. The van der Waals surface area contributed by atoms with Gasteiger partial charge in [0.15, 0.2) is 0 Å². The van der Waals surface area contributed by atoms with E-state index in [2.05, 4.69) is 10.9 Å². The summed E-state index contributed by atoms with van der Waals surface area (Å²) < 4.78 is 17.8. The number of hydrogen-bond donors (Lipinski definition) is 2. The van der Waals surface area contributed by atoms with Crippen LogP contribution in [0.25, 0.3) is 6.08 Å². The van der Waals surface area contributed by atoms with Gasteiger partial charge in [-0.25, -0.2) is 4.39 Å². The van der Waals surface area contributed by atoms with Crippen LogP contribution in [0.4, 0.5) is 4.39 Å². The van der Waals surface area contributed by atoms with Gasteiger partial charge in [0.2, 0.25) is 0 Å². The van der Waals surface area contributed by atoms with Crippen molar-refractivity contribution in [2.45, 2.75) is 0 Å². The lowest BCUT2D eigenvalue weighted by Gasteiger charge is -2.08. The normalized spacial score (nSPS) is 10.3. The van der Waals surface area contributed by atoms with E-state index in [1.165, 1.54) is 43.5 Å². The highest BCUT2D eigenvalue weighted by Crippen LogP contribution is 2.16. The Kier molecular flexibility index (Phi) is 5.46. The fourth-order valence-electron chi connectivity index (χ4n) is 1.81. The van der Waals surface area contributed by atoms with Gasteiger partial charge in [-0.05, 0) is 35.9 Å². The van der Waals surface area contributed by atoms with Gasteiger partial charge >= 0.3 is 0 Å². The van der Waals surface area contributed by atoms with E-state index < -0.39 is 11.8 Å². The molecule has 0 saturated carbocycles. The number of hydrazine groups is 1. The highest BCUT2D eigenvalue weighted by Gasteiger charge is 2.11. The molecule has 0 spiro atoms. The molecule has 0 atom stereocenters. The number of ether oxygens (including phenoxy) is 1. The number of amides is 2. The average Bonchev–Trinajstić information content (AvgIpc) is 2.59. The van der Waals surface area contributed by atoms with Crippen LogP contribution in [0, 0.1) is 5.82 Å². The van der Waals surface area contributed by atoms with Crippen LogP contribution in [0.2, 0.25) is 0 Å². The third kappa shape index (κ3) is 4.67. The van der Waals surface area contributed by atoms with E-state index in [0.29, 0.717) is 16.9 Å². The molecule has 0 aliphatic rings. The number of para-hydroxylation sites is 1. The van der Waals surface area contributed by atoms with Crippen LogP contribution in [0.5, 0.6) is 5.75 Å². The number of rotatable bonds is 4. The number of hydrogen-bond acceptors (Lipinski definition) is 3. The molecule has 2 rings (SSSR count). The van der Waals surface area contributed by atoms with Crippen molar-refractivity contribution in [1.82, 2.24) is 10.9 Å². The van der Waals surface area contributed by atoms with Gasteiger partial charge in [-0.15, -0.1) is 0 Å². The van der Waals surface area contributed by atoms with Gasteiger partial charge in [-0.2, -0.15) is 0 Å². The van der Waals surface area contributed by atoms with Gasteiger partial charge in [0.05, 0.1) is 12.7 Å². The zero-order valence-corrected chi connectivity index (χ0v) is 12.4. The van der Waals surface area contributed by atoms with Crippen molar-refractivity contribution >= 4 is 17.9 Å². The zero-order chi connectivity index (χ0) is 16.7. The summed E-state index contributed by atoms with van der Waals surface area (Å²) in [5.74, 6) is -0.958. The van der Waals surface area contributed by atoms with Crippen LogP contribution in [0.3, 0.4) is 0 Å². The lowest BCUT2D eigenvalue weighted by Crippen LogP contribution is -2.40. The maximum atomic E-state index is 12.8. The van der Waals surface area contributed by atoms with E-state index in [1.807, 2.05) is 0 Å². The van der Waals surface area contributed by atoms with Crippen molar-refractivity contribution in [2.24, 2.45) is 0 Å². The molecule has 0 fully saturated rings. The minimum absolute atomic E-state index is 0.304. The van der Waals surface area contributed by atoms with Crippen LogP contribution in [-0.2, 0) is 4.79 Å². The van der Waals surface area contributed by atoms with Gasteiger partial charge < -0.3 is 4.74 Å². The second-order valence-corrected chi connectivity index (χ2v) is 4.53. The molecule has 0 unspecified atom stereocenters. The maximum absolute atomic E-state index is 12.8. The minimum atomic E-state index is -0.516. The first kappa shape index (κ1) is 16.2. The Morgan fingerprint density at radius 3 is 2.43 bits per heavy atom. The Morgan fingerprint density at radius 2 is 1.74 bits per heavy atom. The Balaban J connectivity index is 1.91. The lowest BCUT2D eigenvalue weighted by atomic mass is 10.2. The van der Waals surface area contributed by atoms with Crippen molar-refractivity contribution in [3.05, 3.63) is 71.6 Å². The van der Waals surface area contributed by atoms with E-state index in [-0.39, 0.29) is 5.82 Å². The molecule has 5 nitrogen and oxygen atoms in total. The predicted octanol–water partition coefficient (Wildman–Crippen LogP) is 2.31. The highest BCUT2D eigenvalue weighted by atomic mass is 19.1. The summed E-state index contributed by atoms with van der Waals surface area (Å²) in [6, 6.07) is 12.3. The molecule has 0 saturated heterocycles. The minimum Gasteiger partial charge on any atom is -0.496 e. The molecule has 0 bridgehead atoms. The fourth-order valence-corrected chi connectivity index (χ4v) is 1.81. The molecular formula is C17H15FN2O3. The summed E-state index contributed by atoms with van der Waals surface area (Å²) in [5, 5.41) is 0. The summed E-state index contributed by atoms with van der Waals surface area (Å²) in [6.07, 6.45) is 2.74. The van der Waals surface area contributed by atoms with Crippen molar-refractivity contribution in [2.75, 3.05) is 7.11 Å². The number of carbonyl (C=O) groups excluding carboxylic acids is 2. The molecule has 2 aromatic rings. The first-order chi connectivity index (χ1) is 11.1. The first-order valence-electron chi connectivity index (χ1n) is 6.77. The molecule has 6 heteroatoms. The number of carbonyl (C=O) groups is 2. The summed E-state index contributed by atoms with van der Waals surface area (Å²) in [5.41, 5.74) is 5.52. The van der Waals surface area contributed by atoms with Gasteiger partial charge in [-0.1, -0.05) is 24.3 Å². The third-order valence-corrected chi connectivity index (χ3v) is 2.95. The van der Waals surface area contributed by atoms with Crippen molar-refractivity contribution < 1.29 is 18.7 Å². The average molecular weight is 314 g/mol. The van der Waals surface area contributed by atoms with Gasteiger partial charge in [0, 0.05) is 6.08 Å². The van der Waals surface area contributed by atoms with Crippen LogP contribution in [0.15, 0.2) is 54.6 Å². The molecule has 118 valence electrons. The van der Waals surface area contributed by atoms with Gasteiger partial charge in [-0.3, -0.25) is 20.4 Å². The summed E-state index contributed by atoms with van der Waals surface area (Å²) in [7, 11) is 1.45. The molecule has 23 heavy (non-hydrogen) atoms. The summed E-state index contributed by atoms with van der Waals surface area (Å²) >= 11 is 0. The fraction of sp³-hybridized carbons (Fsp3) is 0.0588. The Bertz CT molecular complexity index is 727. The van der Waals surface area contributed by atoms with Crippen molar-refractivity contribution in [1.29, 1.82) is 0 Å². The second-order valence-electron chi connectivity index (χ2n) is 4.53. The molecule has 0 aliphatic heterocycles. The Hall–Kier alpha value is -3.15. The number of benzene rings is 2. The van der Waals surface area contributed by atoms with E-state index in [4.69, 9.17) is 4.74 Å². The highest BCUT2D eigenvalue weighted by molar-refractivity contribution is 5.99. The van der Waals surface area contributed by atoms with Crippen molar-refractivity contribution in [3.8, 4) is 5.75 Å². The van der Waals surface area contributed by atoms with Crippen LogP contribution in [0.1, 0.15) is 15.9 Å². The SMILES string of the molecule is COc1ccccc1C(=O)NNC(=O)/C=C/c1ccc(F)cc1. The molecular weight excluding hydrogens is 299 g/mol. The van der Waals surface area contributed by atoms with E-state index >= 15 is 0 Å². The van der Waals surface area contributed by atoms with Gasteiger partial charge in [0.1, 0.15) is 11.6 Å². The Morgan fingerprint density at radius 1 is 1.04 bits per heavy atom. The first-order valence-corrected chi connectivity index (χ1v) is 6.77. The smallest absolute Gasteiger partial charge is 0.273 e. The summed E-state index contributed by atoms with van der Waals surface area (Å²) in [6.45, 7) is 0. The lowest BCUT2D eigenvalue weighted by molar-refractivity contribution is -0.117. The topological polar surface area (TPSA) is 67.4 Å². The molecule has 2 N–H and O–H groups in total. The van der Waals surface area contributed by atoms with Crippen LogP contribution in [-0.4, -0.2) is 18.9 Å². The molecule has 2 aromatic carbocycles. The van der Waals surface area contributed by atoms with Crippen molar-refractivity contribution in [3.63, 3.8) is 0 Å². The molecule has 0 radical (unpaired) electrons. The van der Waals surface area contributed by atoms with Crippen LogP contribution < -0.4 is 15.6 Å². The molecule has 2 amide bonds. The molecule has 0 aliphatic carbocycles. The Labute approximate surface area is 132 Å². The van der Waals surface area contributed by atoms with E-state index in [9.17, 15) is 14.0 Å². The quantitative estimate of drug-likeness (QED) is 0.672.